The number of nitrogens with two attached hydrogens (primary N) is 1. The topological polar surface area (TPSA) is 35.2 Å². The molecule has 0 radical (unpaired) electrons. The van der Waals surface area contributed by atoms with Crippen molar-refractivity contribution >= 4 is 17.2 Å². The highest BCUT2D eigenvalue weighted by molar-refractivity contribution is 7.80. The highest BCUT2D eigenvalue weighted by atomic mass is 32.1. The van der Waals surface area contributed by atoms with Gasteiger partial charge in [-0.2, -0.15) is 0 Å². The van der Waals surface area contributed by atoms with Gasteiger partial charge in [0.25, 0.3) is 0 Å². The van der Waals surface area contributed by atoms with E-state index >= 15 is 0 Å². The maximum absolute atomic E-state index is 5.66. The van der Waals surface area contributed by atoms with Crippen molar-refractivity contribution in [2.45, 2.75) is 38.2 Å². The molecule has 0 amide bonds. The summed E-state index contributed by atoms with van der Waals surface area (Å²) in [5.74, 6) is 0.794. The average molecular weight is 187 g/mol. The first-order valence-electron chi connectivity index (χ1n) is 4.46. The second-order valence-corrected chi connectivity index (χ2v) is 4.19. The van der Waals surface area contributed by atoms with E-state index in [1.165, 1.54) is 12.8 Å². The summed E-state index contributed by atoms with van der Waals surface area (Å²) in [6.07, 6.45) is 4.32. The number of rotatable bonds is 2. The zero-order valence-electron chi connectivity index (χ0n) is 7.80. The molecule has 12 heavy (non-hydrogen) atoms. The molecule has 0 unspecified atom stereocenters. The van der Waals surface area contributed by atoms with Crippen LogP contribution < -0.4 is 5.73 Å². The van der Waals surface area contributed by atoms with Crippen LogP contribution in [0.4, 0.5) is 0 Å². The third-order valence-electron chi connectivity index (χ3n) is 2.92. The lowest BCUT2D eigenvalue weighted by Crippen LogP contribution is -2.46. The SMILES string of the molecule is COC1(C(N)=S)CCC(C)CC1. The van der Waals surface area contributed by atoms with Crippen LogP contribution in [0.25, 0.3) is 0 Å². The Labute approximate surface area is 79.5 Å². The van der Waals surface area contributed by atoms with E-state index in [0.717, 1.165) is 18.8 Å². The van der Waals surface area contributed by atoms with E-state index in [-0.39, 0.29) is 5.60 Å². The molecule has 1 saturated carbocycles. The molecule has 1 aliphatic carbocycles. The number of thiocarbonyl (C=S) groups is 1. The summed E-state index contributed by atoms with van der Waals surface area (Å²) in [4.78, 5) is 0.525. The molecular formula is C9H17NOS. The van der Waals surface area contributed by atoms with Gasteiger partial charge in [-0.25, -0.2) is 0 Å². The molecule has 1 rings (SSSR count). The maximum Gasteiger partial charge on any atom is 0.117 e. The molecule has 0 aromatic heterocycles. The number of hydrogen-bond acceptors (Lipinski definition) is 2. The van der Waals surface area contributed by atoms with Crippen LogP contribution in [0.2, 0.25) is 0 Å². The molecule has 0 heterocycles. The summed E-state index contributed by atoms with van der Waals surface area (Å²) in [6, 6.07) is 0. The van der Waals surface area contributed by atoms with Crippen molar-refractivity contribution in [1.29, 1.82) is 0 Å². The molecule has 0 aromatic rings. The summed E-state index contributed by atoms with van der Waals surface area (Å²) in [5, 5.41) is 0. The molecule has 0 spiro atoms. The highest BCUT2D eigenvalue weighted by Gasteiger charge is 2.36. The van der Waals surface area contributed by atoms with Crippen molar-refractivity contribution in [3.63, 3.8) is 0 Å². The van der Waals surface area contributed by atoms with Gasteiger partial charge in [-0.1, -0.05) is 19.1 Å². The van der Waals surface area contributed by atoms with Gasteiger partial charge in [0.1, 0.15) is 10.6 Å². The van der Waals surface area contributed by atoms with Crippen molar-refractivity contribution in [2.24, 2.45) is 11.7 Å². The lowest BCUT2D eigenvalue weighted by Gasteiger charge is -2.37. The van der Waals surface area contributed by atoms with E-state index in [1.807, 2.05) is 0 Å². The van der Waals surface area contributed by atoms with Gasteiger partial charge in [-0.15, -0.1) is 0 Å². The number of methoxy groups -OCH3 is 1. The van der Waals surface area contributed by atoms with Crippen LogP contribution in [-0.2, 0) is 4.74 Å². The van der Waals surface area contributed by atoms with Crippen molar-refractivity contribution in [3.8, 4) is 0 Å². The Bertz CT molecular complexity index is 173. The van der Waals surface area contributed by atoms with Crippen molar-refractivity contribution in [2.75, 3.05) is 7.11 Å². The van der Waals surface area contributed by atoms with Gasteiger partial charge >= 0.3 is 0 Å². The minimum Gasteiger partial charge on any atom is -0.391 e. The van der Waals surface area contributed by atoms with Crippen molar-refractivity contribution in [1.82, 2.24) is 0 Å². The fourth-order valence-corrected chi connectivity index (χ4v) is 2.07. The van der Waals surface area contributed by atoms with Crippen molar-refractivity contribution in [3.05, 3.63) is 0 Å². The standard InChI is InChI=1S/C9H17NOS/c1-7-3-5-9(11-2,6-4-7)8(10)12/h7H,3-6H2,1-2H3,(H2,10,12). The van der Waals surface area contributed by atoms with Gasteiger partial charge in [0.05, 0.1) is 0 Å². The Morgan fingerprint density at radius 2 is 2.00 bits per heavy atom. The van der Waals surface area contributed by atoms with Crippen LogP contribution in [0.5, 0.6) is 0 Å². The Morgan fingerprint density at radius 1 is 1.50 bits per heavy atom. The second kappa shape index (κ2) is 3.71. The van der Waals surface area contributed by atoms with Crippen LogP contribution in [0, 0.1) is 5.92 Å². The first-order valence-corrected chi connectivity index (χ1v) is 4.86. The molecule has 0 aliphatic heterocycles. The summed E-state index contributed by atoms with van der Waals surface area (Å²) in [6.45, 7) is 2.26. The van der Waals surface area contributed by atoms with Crippen LogP contribution in [0.3, 0.4) is 0 Å². The molecule has 3 heteroatoms. The van der Waals surface area contributed by atoms with Crippen LogP contribution >= 0.6 is 12.2 Å². The molecule has 1 aliphatic rings. The average Bonchev–Trinajstić information content (AvgIpc) is 2.06. The molecule has 0 aromatic carbocycles. The molecule has 1 fully saturated rings. The maximum atomic E-state index is 5.66. The van der Waals surface area contributed by atoms with Gasteiger partial charge in [0, 0.05) is 7.11 Å². The second-order valence-electron chi connectivity index (χ2n) is 3.75. The fraction of sp³-hybridized carbons (Fsp3) is 0.889. The van der Waals surface area contributed by atoms with Gasteiger partial charge in [-0.3, -0.25) is 0 Å². The normalized spacial score (nSPS) is 36.3. The Kier molecular flexibility index (Phi) is 3.07. The minimum absolute atomic E-state index is 0.290. The number of hydrogen-bond donors (Lipinski definition) is 1. The highest BCUT2D eigenvalue weighted by Crippen LogP contribution is 2.34. The third-order valence-corrected chi connectivity index (χ3v) is 3.29. The Hall–Kier alpha value is -0.150. The predicted octanol–water partition coefficient (Wildman–Crippen LogP) is 1.87. The molecule has 70 valence electrons. The van der Waals surface area contributed by atoms with Crippen molar-refractivity contribution < 1.29 is 4.74 Å². The van der Waals surface area contributed by atoms with E-state index in [4.69, 9.17) is 22.7 Å². The summed E-state index contributed by atoms with van der Waals surface area (Å²) < 4.78 is 5.42. The van der Waals surface area contributed by atoms with E-state index in [1.54, 1.807) is 7.11 Å². The zero-order chi connectivity index (χ0) is 9.19. The van der Waals surface area contributed by atoms with E-state index in [0.29, 0.717) is 4.99 Å². The smallest absolute Gasteiger partial charge is 0.117 e. The summed E-state index contributed by atoms with van der Waals surface area (Å²) in [7, 11) is 1.70. The van der Waals surface area contributed by atoms with E-state index < -0.39 is 0 Å². The molecule has 2 N–H and O–H groups in total. The zero-order valence-corrected chi connectivity index (χ0v) is 8.62. The van der Waals surface area contributed by atoms with Crippen LogP contribution in [-0.4, -0.2) is 17.7 Å². The fourth-order valence-electron chi connectivity index (χ4n) is 1.78. The third kappa shape index (κ3) is 1.77. The van der Waals surface area contributed by atoms with Gasteiger partial charge in [0.2, 0.25) is 0 Å². The van der Waals surface area contributed by atoms with Gasteiger partial charge in [-0.05, 0) is 31.6 Å². The molecule has 0 bridgehead atoms. The summed E-state index contributed by atoms with van der Waals surface area (Å²) in [5.41, 5.74) is 5.37. The number of ether oxygens (including phenoxy) is 1. The molecule has 0 saturated heterocycles. The van der Waals surface area contributed by atoms with Gasteiger partial charge in [0.15, 0.2) is 0 Å². The Balaban J connectivity index is 2.63. The van der Waals surface area contributed by atoms with Gasteiger partial charge < -0.3 is 10.5 Å². The monoisotopic (exact) mass is 187 g/mol. The first kappa shape index (κ1) is 9.93. The molecular weight excluding hydrogens is 170 g/mol. The Morgan fingerprint density at radius 3 is 2.33 bits per heavy atom. The summed E-state index contributed by atoms with van der Waals surface area (Å²) >= 11 is 5.02. The predicted molar refractivity (Wildman–Crippen MR) is 54.2 cm³/mol. The first-order chi connectivity index (χ1) is 5.60. The minimum atomic E-state index is -0.290. The quantitative estimate of drug-likeness (QED) is 0.670. The van der Waals surface area contributed by atoms with Crippen LogP contribution in [0.1, 0.15) is 32.6 Å². The largest absolute Gasteiger partial charge is 0.391 e. The van der Waals surface area contributed by atoms with Crippen LogP contribution in [0.15, 0.2) is 0 Å². The lowest BCUT2D eigenvalue weighted by atomic mass is 9.79. The van der Waals surface area contributed by atoms with E-state index in [9.17, 15) is 0 Å². The van der Waals surface area contributed by atoms with E-state index in [2.05, 4.69) is 6.92 Å². The molecule has 2 nitrogen and oxygen atoms in total. The lowest BCUT2D eigenvalue weighted by molar-refractivity contribution is 0.0102. The molecule has 0 atom stereocenters.